The molecule has 0 aliphatic carbocycles. The van der Waals surface area contributed by atoms with Crippen LogP contribution >= 0.6 is 0 Å². The van der Waals surface area contributed by atoms with Gasteiger partial charge in [-0.25, -0.2) is 4.98 Å². The number of para-hydroxylation sites is 1. The Balaban J connectivity index is 1.47. The van der Waals surface area contributed by atoms with Crippen LogP contribution in [0.3, 0.4) is 0 Å². The third kappa shape index (κ3) is 3.52. The number of fused-ring (bicyclic) bond motifs is 1. The summed E-state index contributed by atoms with van der Waals surface area (Å²) < 4.78 is 6.64. The maximum atomic E-state index is 12.5. The van der Waals surface area contributed by atoms with E-state index in [9.17, 15) is 9.59 Å². The Labute approximate surface area is 159 Å². The summed E-state index contributed by atoms with van der Waals surface area (Å²) in [5.41, 5.74) is 2.76. The lowest BCUT2D eigenvalue weighted by molar-refractivity contribution is -0.116. The SMILES string of the molecule is Cc1ccc(-c2nnco2)cc1NC(=O)CCn1cnc2ccccc2c1=O. The number of hydrogen-bond donors (Lipinski definition) is 1. The molecule has 2 heterocycles. The van der Waals surface area contributed by atoms with Crippen molar-refractivity contribution < 1.29 is 9.21 Å². The average Bonchev–Trinajstić information content (AvgIpc) is 3.24. The minimum absolute atomic E-state index is 0.143. The first-order valence-corrected chi connectivity index (χ1v) is 8.73. The Bertz CT molecular complexity index is 1200. The molecular weight excluding hydrogens is 358 g/mol. The number of benzene rings is 2. The standard InChI is InChI=1S/C20H17N5O3/c1-13-6-7-14(19-24-22-12-28-19)10-17(13)23-18(26)8-9-25-11-21-16-5-3-2-4-15(16)20(25)27/h2-7,10-12H,8-9H2,1H3,(H,23,26). The van der Waals surface area contributed by atoms with Crippen molar-refractivity contribution >= 4 is 22.5 Å². The first-order valence-electron chi connectivity index (χ1n) is 8.73. The van der Waals surface area contributed by atoms with Crippen LogP contribution in [0, 0.1) is 6.92 Å². The molecule has 4 rings (SSSR count). The fourth-order valence-corrected chi connectivity index (χ4v) is 2.89. The topological polar surface area (TPSA) is 103 Å². The first kappa shape index (κ1) is 17.6. The highest BCUT2D eigenvalue weighted by molar-refractivity contribution is 5.92. The molecule has 0 unspecified atom stereocenters. The molecule has 4 aromatic rings. The molecule has 8 nitrogen and oxygen atoms in total. The normalized spacial score (nSPS) is 10.9. The van der Waals surface area contributed by atoms with Crippen molar-refractivity contribution in [2.75, 3.05) is 5.32 Å². The van der Waals surface area contributed by atoms with Gasteiger partial charge in [-0.05, 0) is 36.8 Å². The van der Waals surface area contributed by atoms with Crippen molar-refractivity contribution in [3.05, 3.63) is 71.1 Å². The number of anilines is 1. The number of aryl methyl sites for hydroxylation is 2. The quantitative estimate of drug-likeness (QED) is 0.575. The zero-order valence-electron chi connectivity index (χ0n) is 15.1. The fraction of sp³-hybridized carbons (Fsp3) is 0.150. The predicted octanol–water partition coefficient (Wildman–Crippen LogP) is 2.78. The van der Waals surface area contributed by atoms with Gasteiger partial charge in [-0.3, -0.25) is 14.2 Å². The molecule has 0 saturated heterocycles. The number of aromatic nitrogens is 4. The van der Waals surface area contributed by atoms with E-state index in [1.165, 1.54) is 17.3 Å². The summed E-state index contributed by atoms with van der Waals surface area (Å²) in [5, 5.41) is 10.9. The summed E-state index contributed by atoms with van der Waals surface area (Å²) in [6.45, 7) is 2.13. The number of amides is 1. The van der Waals surface area contributed by atoms with E-state index >= 15 is 0 Å². The van der Waals surface area contributed by atoms with Gasteiger partial charge in [-0.2, -0.15) is 0 Å². The lowest BCUT2D eigenvalue weighted by atomic mass is 10.1. The molecule has 2 aromatic carbocycles. The van der Waals surface area contributed by atoms with Crippen molar-refractivity contribution in [1.29, 1.82) is 0 Å². The van der Waals surface area contributed by atoms with Crippen molar-refractivity contribution in [2.45, 2.75) is 19.9 Å². The second-order valence-electron chi connectivity index (χ2n) is 6.33. The van der Waals surface area contributed by atoms with Crippen LogP contribution < -0.4 is 10.9 Å². The van der Waals surface area contributed by atoms with E-state index in [1.807, 2.05) is 25.1 Å². The van der Waals surface area contributed by atoms with E-state index in [1.54, 1.807) is 24.3 Å². The zero-order chi connectivity index (χ0) is 19.5. The van der Waals surface area contributed by atoms with E-state index in [-0.39, 0.29) is 24.4 Å². The lowest BCUT2D eigenvalue weighted by Crippen LogP contribution is -2.23. The van der Waals surface area contributed by atoms with E-state index in [2.05, 4.69) is 20.5 Å². The number of rotatable bonds is 5. The number of carbonyl (C=O) groups excluding carboxylic acids is 1. The minimum atomic E-state index is -0.203. The Morgan fingerprint density at radius 3 is 2.89 bits per heavy atom. The minimum Gasteiger partial charge on any atom is -0.423 e. The molecule has 0 bridgehead atoms. The molecule has 0 fully saturated rings. The Kier molecular flexibility index (Phi) is 4.67. The van der Waals surface area contributed by atoms with Gasteiger partial charge in [0.2, 0.25) is 18.2 Å². The van der Waals surface area contributed by atoms with Crippen LogP contribution in [0.1, 0.15) is 12.0 Å². The van der Waals surface area contributed by atoms with Gasteiger partial charge in [0.25, 0.3) is 5.56 Å². The van der Waals surface area contributed by atoms with Crippen LogP contribution in [0.4, 0.5) is 5.69 Å². The molecule has 0 aliphatic rings. The molecular formula is C20H17N5O3. The summed E-state index contributed by atoms with van der Waals surface area (Å²) in [5.74, 6) is 0.176. The van der Waals surface area contributed by atoms with Gasteiger partial charge in [0.05, 0.1) is 17.2 Å². The number of nitrogens with one attached hydrogen (secondary N) is 1. The maximum absolute atomic E-state index is 12.5. The van der Waals surface area contributed by atoms with Crippen LogP contribution in [0.2, 0.25) is 0 Å². The second kappa shape index (κ2) is 7.43. The number of nitrogens with zero attached hydrogens (tertiary/aromatic N) is 4. The first-order chi connectivity index (χ1) is 13.6. The zero-order valence-corrected chi connectivity index (χ0v) is 15.1. The van der Waals surface area contributed by atoms with Crippen molar-refractivity contribution in [2.24, 2.45) is 0 Å². The molecule has 0 atom stereocenters. The lowest BCUT2D eigenvalue weighted by Gasteiger charge is -2.10. The van der Waals surface area contributed by atoms with E-state index in [0.29, 0.717) is 28.0 Å². The van der Waals surface area contributed by atoms with Gasteiger partial charge in [-0.15, -0.1) is 10.2 Å². The Morgan fingerprint density at radius 1 is 1.21 bits per heavy atom. The molecule has 0 spiro atoms. The molecule has 140 valence electrons. The van der Waals surface area contributed by atoms with Crippen molar-refractivity contribution in [3.63, 3.8) is 0 Å². The Hall–Kier alpha value is -3.81. The monoisotopic (exact) mass is 375 g/mol. The summed E-state index contributed by atoms with van der Waals surface area (Å²) in [6, 6.07) is 12.6. The highest BCUT2D eigenvalue weighted by Crippen LogP contribution is 2.24. The highest BCUT2D eigenvalue weighted by atomic mass is 16.4. The van der Waals surface area contributed by atoms with Crippen LogP contribution in [-0.4, -0.2) is 25.7 Å². The van der Waals surface area contributed by atoms with Gasteiger partial charge < -0.3 is 9.73 Å². The largest absolute Gasteiger partial charge is 0.423 e. The fourth-order valence-electron chi connectivity index (χ4n) is 2.89. The van der Waals surface area contributed by atoms with Crippen LogP contribution in [-0.2, 0) is 11.3 Å². The van der Waals surface area contributed by atoms with Crippen LogP contribution in [0.15, 0.2) is 64.4 Å². The van der Waals surface area contributed by atoms with Gasteiger partial charge in [-0.1, -0.05) is 18.2 Å². The molecule has 8 heteroatoms. The maximum Gasteiger partial charge on any atom is 0.261 e. The van der Waals surface area contributed by atoms with Gasteiger partial charge >= 0.3 is 0 Å². The smallest absolute Gasteiger partial charge is 0.261 e. The van der Waals surface area contributed by atoms with Gasteiger partial charge in [0, 0.05) is 24.2 Å². The van der Waals surface area contributed by atoms with Gasteiger partial charge in [0.15, 0.2) is 0 Å². The number of carbonyl (C=O) groups is 1. The predicted molar refractivity (Wildman–Crippen MR) is 104 cm³/mol. The second-order valence-corrected chi connectivity index (χ2v) is 6.33. The van der Waals surface area contributed by atoms with Crippen LogP contribution in [0.5, 0.6) is 0 Å². The molecule has 1 N–H and O–H groups in total. The molecule has 2 aromatic heterocycles. The van der Waals surface area contributed by atoms with E-state index in [4.69, 9.17) is 4.42 Å². The average molecular weight is 375 g/mol. The summed E-state index contributed by atoms with van der Waals surface area (Å²) in [7, 11) is 0. The third-order valence-electron chi connectivity index (χ3n) is 4.43. The number of hydrogen-bond acceptors (Lipinski definition) is 6. The third-order valence-corrected chi connectivity index (χ3v) is 4.43. The van der Waals surface area contributed by atoms with Crippen molar-refractivity contribution in [1.82, 2.24) is 19.7 Å². The molecule has 0 saturated carbocycles. The summed E-state index contributed by atoms with van der Waals surface area (Å²) >= 11 is 0. The van der Waals surface area contributed by atoms with Crippen molar-refractivity contribution in [3.8, 4) is 11.5 Å². The molecule has 0 radical (unpaired) electrons. The molecule has 0 aliphatic heterocycles. The summed E-state index contributed by atoms with van der Waals surface area (Å²) in [4.78, 5) is 29.2. The van der Waals surface area contributed by atoms with E-state index < -0.39 is 0 Å². The Morgan fingerprint density at radius 2 is 2.07 bits per heavy atom. The van der Waals surface area contributed by atoms with Crippen LogP contribution in [0.25, 0.3) is 22.4 Å². The summed E-state index contributed by atoms with van der Waals surface area (Å²) in [6.07, 6.45) is 2.87. The highest BCUT2D eigenvalue weighted by Gasteiger charge is 2.10. The van der Waals surface area contributed by atoms with Gasteiger partial charge in [0.1, 0.15) is 0 Å². The van der Waals surface area contributed by atoms with E-state index in [0.717, 1.165) is 5.56 Å². The molecule has 28 heavy (non-hydrogen) atoms. The molecule has 1 amide bonds.